The summed E-state index contributed by atoms with van der Waals surface area (Å²) < 4.78 is 4.87. The normalized spacial score (nSPS) is 12.0. The molecule has 0 aliphatic heterocycles. The summed E-state index contributed by atoms with van der Waals surface area (Å²) in [5.74, 6) is 0. The number of aryl methyl sites for hydroxylation is 1. The zero-order chi connectivity index (χ0) is 33.6. The maximum absolute atomic E-state index is 2.45. The molecule has 11 rings (SSSR count). The third kappa shape index (κ3) is 4.05. The van der Waals surface area contributed by atoms with Crippen LogP contribution in [0.15, 0.2) is 176 Å². The van der Waals surface area contributed by atoms with Crippen molar-refractivity contribution in [2.24, 2.45) is 0 Å². The fourth-order valence-electron chi connectivity index (χ4n) is 8.73. The van der Waals surface area contributed by atoms with Crippen LogP contribution in [0.4, 0.5) is 0 Å². The quantitative estimate of drug-likeness (QED) is 0.177. The predicted molar refractivity (Wildman–Crippen MR) is 215 cm³/mol. The van der Waals surface area contributed by atoms with Crippen molar-refractivity contribution in [1.29, 1.82) is 0 Å². The standard InChI is InChI=1S/C49H32N2/c1-31-22-26-48-44(28-31)41-18-8-10-20-46(41)51(48)33-24-27-49-45(30-33)42-19-9-11-21-47(42)50(49)32-23-25-40-38-16-5-4-14-36(38)34-12-2-3-13-35(34)37-15-6-7-17-39(37)43(40)29-32/h2-30H,1H3. The van der Waals surface area contributed by atoms with Crippen LogP contribution in [0.3, 0.4) is 0 Å². The zero-order valence-electron chi connectivity index (χ0n) is 28.1. The number of aromatic nitrogens is 2. The number of benzene rings is 8. The maximum Gasteiger partial charge on any atom is 0.0542 e. The Labute approximate surface area is 296 Å². The van der Waals surface area contributed by atoms with Gasteiger partial charge in [-0.2, -0.15) is 0 Å². The van der Waals surface area contributed by atoms with Gasteiger partial charge in [0.1, 0.15) is 0 Å². The van der Waals surface area contributed by atoms with E-state index in [1.807, 2.05) is 0 Å². The van der Waals surface area contributed by atoms with Crippen LogP contribution < -0.4 is 0 Å². The van der Waals surface area contributed by atoms with E-state index in [0.717, 1.165) is 5.69 Å². The van der Waals surface area contributed by atoms with Crippen molar-refractivity contribution >= 4 is 43.6 Å². The molecule has 0 saturated heterocycles. The first-order valence-electron chi connectivity index (χ1n) is 17.7. The molecule has 0 N–H and O–H groups in total. The molecule has 2 nitrogen and oxygen atoms in total. The van der Waals surface area contributed by atoms with Crippen molar-refractivity contribution in [2.45, 2.75) is 6.92 Å². The van der Waals surface area contributed by atoms with Crippen LogP contribution in [0.2, 0.25) is 0 Å². The van der Waals surface area contributed by atoms with Gasteiger partial charge in [-0.1, -0.05) is 127 Å². The molecular weight excluding hydrogens is 617 g/mol. The van der Waals surface area contributed by atoms with Crippen molar-refractivity contribution in [1.82, 2.24) is 9.13 Å². The molecular formula is C49H32N2. The molecule has 0 spiro atoms. The Morgan fingerprint density at radius 3 is 1.20 bits per heavy atom. The van der Waals surface area contributed by atoms with Crippen molar-refractivity contribution < 1.29 is 0 Å². The molecule has 0 bridgehead atoms. The van der Waals surface area contributed by atoms with Crippen LogP contribution in [0.25, 0.3) is 99.5 Å². The number of para-hydroxylation sites is 2. The second-order valence-electron chi connectivity index (χ2n) is 13.8. The average molecular weight is 649 g/mol. The molecule has 2 aromatic heterocycles. The lowest BCUT2D eigenvalue weighted by Gasteiger charge is -2.24. The van der Waals surface area contributed by atoms with Gasteiger partial charge in [0, 0.05) is 32.9 Å². The molecule has 10 aromatic rings. The fraction of sp³-hybridized carbons (Fsp3) is 0.0204. The molecule has 0 unspecified atom stereocenters. The van der Waals surface area contributed by atoms with E-state index in [9.17, 15) is 0 Å². The predicted octanol–water partition coefficient (Wildman–Crippen LogP) is 13.2. The first kappa shape index (κ1) is 28.2. The SMILES string of the molecule is Cc1ccc2c(c1)c1ccccc1n2-c1ccc2c(c1)c1ccccc1n2-c1ccc2c(c1)-c1ccccc1-c1ccccc1-c1ccccc1-2. The lowest BCUT2D eigenvalue weighted by Crippen LogP contribution is -2.00. The molecule has 238 valence electrons. The summed E-state index contributed by atoms with van der Waals surface area (Å²) in [6, 6.07) is 65.0. The number of hydrogen-bond donors (Lipinski definition) is 0. The van der Waals surface area contributed by atoms with E-state index in [1.54, 1.807) is 0 Å². The van der Waals surface area contributed by atoms with Gasteiger partial charge in [0.15, 0.2) is 0 Å². The Balaban J connectivity index is 1.17. The smallest absolute Gasteiger partial charge is 0.0542 e. The van der Waals surface area contributed by atoms with Crippen molar-refractivity contribution in [3.05, 3.63) is 181 Å². The van der Waals surface area contributed by atoms with Gasteiger partial charge in [-0.3, -0.25) is 0 Å². The zero-order valence-corrected chi connectivity index (χ0v) is 28.1. The molecule has 1 aliphatic rings. The van der Waals surface area contributed by atoms with Crippen LogP contribution in [0.1, 0.15) is 5.56 Å². The summed E-state index contributed by atoms with van der Waals surface area (Å²) in [4.78, 5) is 0. The summed E-state index contributed by atoms with van der Waals surface area (Å²) in [5.41, 5.74) is 18.5. The monoisotopic (exact) mass is 648 g/mol. The first-order chi connectivity index (χ1) is 25.2. The van der Waals surface area contributed by atoms with Gasteiger partial charge in [-0.25, -0.2) is 0 Å². The van der Waals surface area contributed by atoms with Gasteiger partial charge in [0.2, 0.25) is 0 Å². The number of nitrogens with zero attached hydrogens (tertiary/aromatic N) is 2. The summed E-state index contributed by atoms with van der Waals surface area (Å²) in [6.45, 7) is 2.17. The van der Waals surface area contributed by atoms with Gasteiger partial charge >= 0.3 is 0 Å². The van der Waals surface area contributed by atoms with E-state index in [2.05, 4.69) is 192 Å². The molecule has 1 aliphatic carbocycles. The minimum absolute atomic E-state index is 1.15. The van der Waals surface area contributed by atoms with E-state index in [-0.39, 0.29) is 0 Å². The Hall–Kier alpha value is -6.64. The number of hydrogen-bond acceptors (Lipinski definition) is 0. The van der Waals surface area contributed by atoms with E-state index < -0.39 is 0 Å². The number of rotatable bonds is 2. The van der Waals surface area contributed by atoms with Gasteiger partial charge in [-0.05, 0) is 106 Å². The Kier molecular flexibility index (Phi) is 5.91. The maximum atomic E-state index is 2.45. The highest BCUT2D eigenvalue weighted by Crippen LogP contribution is 2.48. The molecule has 2 heteroatoms. The Bertz CT molecular complexity index is 3040. The summed E-state index contributed by atoms with van der Waals surface area (Å²) >= 11 is 0. The summed E-state index contributed by atoms with van der Waals surface area (Å²) in [7, 11) is 0. The largest absolute Gasteiger partial charge is 0.309 e. The topological polar surface area (TPSA) is 9.86 Å². The third-order valence-electron chi connectivity index (χ3n) is 10.9. The van der Waals surface area contributed by atoms with Crippen LogP contribution >= 0.6 is 0 Å². The minimum atomic E-state index is 1.15. The first-order valence-corrected chi connectivity index (χ1v) is 17.7. The van der Waals surface area contributed by atoms with E-state index in [4.69, 9.17) is 0 Å². The molecule has 51 heavy (non-hydrogen) atoms. The van der Waals surface area contributed by atoms with Gasteiger partial charge in [-0.15, -0.1) is 0 Å². The van der Waals surface area contributed by atoms with Crippen LogP contribution in [-0.4, -0.2) is 9.13 Å². The van der Waals surface area contributed by atoms with E-state index in [0.29, 0.717) is 0 Å². The second kappa shape index (κ2) is 10.7. The lowest BCUT2D eigenvalue weighted by molar-refractivity contribution is 1.16. The molecule has 0 atom stereocenters. The Morgan fingerprint density at radius 2 is 0.647 bits per heavy atom. The molecule has 0 amide bonds. The lowest BCUT2D eigenvalue weighted by atomic mass is 9.81. The minimum Gasteiger partial charge on any atom is -0.309 e. The van der Waals surface area contributed by atoms with E-state index >= 15 is 0 Å². The molecule has 8 aromatic carbocycles. The van der Waals surface area contributed by atoms with Gasteiger partial charge < -0.3 is 9.13 Å². The Morgan fingerprint density at radius 1 is 0.275 bits per heavy atom. The third-order valence-corrected chi connectivity index (χ3v) is 10.9. The highest BCUT2D eigenvalue weighted by atomic mass is 15.0. The molecule has 2 heterocycles. The van der Waals surface area contributed by atoms with Gasteiger partial charge in [0.25, 0.3) is 0 Å². The highest BCUT2D eigenvalue weighted by Gasteiger charge is 2.23. The summed E-state index contributed by atoms with van der Waals surface area (Å²) in [6.07, 6.45) is 0. The van der Waals surface area contributed by atoms with Gasteiger partial charge in [0.05, 0.1) is 22.1 Å². The molecule has 0 fully saturated rings. The van der Waals surface area contributed by atoms with Crippen molar-refractivity contribution in [3.8, 4) is 55.9 Å². The van der Waals surface area contributed by atoms with Crippen LogP contribution in [0.5, 0.6) is 0 Å². The van der Waals surface area contributed by atoms with Crippen molar-refractivity contribution in [2.75, 3.05) is 0 Å². The fourth-order valence-corrected chi connectivity index (χ4v) is 8.73. The average Bonchev–Trinajstić information content (AvgIpc) is 3.69. The van der Waals surface area contributed by atoms with Crippen LogP contribution in [0, 0.1) is 6.92 Å². The van der Waals surface area contributed by atoms with Crippen LogP contribution in [-0.2, 0) is 0 Å². The molecule has 0 saturated carbocycles. The summed E-state index contributed by atoms with van der Waals surface area (Å²) in [5, 5.41) is 5.06. The molecule has 0 radical (unpaired) electrons. The van der Waals surface area contributed by atoms with E-state index in [1.165, 1.54) is 99.4 Å². The number of fused-ring (bicyclic) bond motifs is 14. The van der Waals surface area contributed by atoms with Crippen molar-refractivity contribution in [3.63, 3.8) is 0 Å². The second-order valence-corrected chi connectivity index (χ2v) is 13.8. The highest BCUT2D eigenvalue weighted by molar-refractivity contribution is 6.13.